The van der Waals surface area contributed by atoms with E-state index in [1.54, 1.807) is 0 Å². The molecule has 1 atom stereocenters. The van der Waals surface area contributed by atoms with Gasteiger partial charge in [0.15, 0.2) is 5.82 Å². The lowest BCUT2D eigenvalue weighted by Crippen LogP contribution is -3.14. The molecular weight excluding hydrogens is 312 g/mol. The molecule has 1 aliphatic heterocycles. The zero-order chi connectivity index (χ0) is 17.2. The van der Waals surface area contributed by atoms with E-state index in [1.807, 2.05) is 24.3 Å². The fourth-order valence-electron chi connectivity index (χ4n) is 3.63. The Balaban J connectivity index is 1.51. The molecule has 0 saturated carbocycles. The molecule has 2 N–H and O–H groups in total. The molecule has 0 spiro atoms. The summed E-state index contributed by atoms with van der Waals surface area (Å²) < 4.78 is 0. The summed E-state index contributed by atoms with van der Waals surface area (Å²) in [5.74, 6) is 0.784. The Morgan fingerprint density at radius 2 is 1.72 bits per heavy atom. The molecule has 2 aromatic carbocycles. The highest BCUT2D eigenvalue weighted by Gasteiger charge is 2.27. The maximum absolute atomic E-state index is 12.3. The van der Waals surface area contributed by atoms with Crippen molar-refractivity contribution in [3.05, 3.63) is 70.8 Å². The predicted molar refractivity (Wildman–Crippen MR) is 100 cm³/mol. The molecule has 0 bridgehead atoms. The Hall–Kier alpha value is -2.66. The fraction of sp³-hybridized carbons (Fsp3) is 0.300. The van der Waals surface area contributed by atoms with Crippen molar-refractivity contribution in [1.29, 1.82) is 0 Å². The quantitative estimate of drug-likeness (QED) is 0.761. The summed E-state index contributed by atoms with van der Waals surface area (Å²) in [5.41, 5.74) is 2.01. The minimum Gasteiger partial charge on any atom is -0.360 e. The molecule has 3 aromatic rings. The van der Waals surface area contributed by atoms with E-state index in [1.165, 1.54) is 10.6 Å². The first-order valence-electron chi connectivity index (χ1n) is 8.86. The SMILES string of the molecule is C[C@@H](c1nc2ccccc2c(=O)[nH]1)[NH+]1CCN(c2ccccc2)CC1. The number of rotatable bonds is 3. The van der Waals surface area contributed by atoms with Gasteiger partial charge < -0.3 is 14.8 Å². The molecule has 1 fully saturated rings. The van der Waals surface area contributed by atoms with Crippen LogP contribution in [0.25, 0.3) is 10.9 Å². The molecule has 0 aliphatic carbocycles. The molecular formula is C20H23N4O+. The zero-order valence-corrected chi connectivity index (χ0v) is 14.4. The van der Waals surface area contributed by atoms with Gasteiger partial charge in [-0.25, -0.2) is 4.98 Å². The van der Waals surface area contributed by atoms with Crippen molar-refractivity contribution in [3.8, 4) is 0 Å². The lowest BCUT2D eigenvalue weighted by molar-refractivity contribution is -0.930. The summed E-state index contributed by atoms with van der Waals surface area (Å²) in [4.78, 5) is 23.9. The number of hydrogen-bond donors (Lipinski definition) is 2. The van der Waals surface area contributed by atoms with E-state index < -0.39 is 0 Å². The highest BCUT2D eigenvalue weighted by Crippen LogP contribution is 2.14. The van der Waals surface area contributed by atoms with Crippen molar-refractivity contribution in [2.75, 3.05) is 31.1 Å². The summed E-state index contributed by atoms with van der Waals surface area (Å²) in [5, 5.41) is 0.655. The zero-order valence-electron chi connectivity index (χ0n) is 14.4. The van der Waals surface area contributed by atoms with Crippen LogP contribution in [0.5, 0.6) is 0 Å². The molecule has 5 nitrogen and oxygen atoms in total. The average Bonchev–Trinajstić information content (AvgIpc) is 2.68. The lowest BCUT2D eigenvalue weighted by Gasteiger charge is -2.36. The molecule has 1 aromatic heterocycles. The maximum atomic E-state index is 12.3. The normalized spacial score (nSPS) is 16.9. The van der Waals surface area contributed by atoms with Crippen LogP contribution >= 0.6 is 0 Å². The largest absolute Gasteiger partial charge is 0.360 e. The predicted octanol–water partition coefficient (Wildman–Crippen LogP) is 1.39. The van der Waals surface area contributed by atoms with E-state index in [0.717, 1.165) is 37.5 Å². The summed E-state index contributed by atoms with van der Waals surface area (Å²) >= 11 is 0. The van der Waals surface area contributed by atoms with Crippen LogP contribution in [-0.4, -0.2) is 36.1 Å². The second-order valence-corrected chi connectivity index (χ2v) is 6.67. The van der Waals surface area contributed by atoms with Gasteiger partial charge in [0.1, 0.15) is 6.04 Å². The van der Waals surface area contributed by atoms with Crippen molar-refractivity contribution < 1.29 is 4.90 Å². The number of hydrogen-bond acceptors (Lipinski definition) is 3. The van der Waals surface area contributed by atoms with Gasteiger partial charge in [0, 0.05) is 5.69 Å². The van der Waals surface area contributed by atoms with E-state index in [0.29, 0.717) is 5.39 Å². The Morgan fingerprint density at radius 1 is 1.04 bits per heavy atom. The molecule has 2 heterocycles. The number of anilines is 1. The third-order valence-electron chi connectivity index (χ3n) is 5.18. The van der Waals surface area contributed by atoms with Gasteiger partial charge in [-0.2, -0.15) is 0 Å². The van der Waals surface area contributed by atoms with Crippen LogP contribution in [-0.2, 0) is 0 Å². The molecule has 0 amide bonds. The third kappa shape index (κ3) is 3.15. The number of benzene rings is 2. The molecule has 1 saturated heterocycles. The van der Waals surface area contributed by atoms with E-state index >= 15 is 0 Å². The van der Waals surface area contributed by atoms with E-state index in [-0.39, 0.29) is 11.6 Å². The smallest absolute Gasteiger partial charge is 0.258 e. The van der Waals surface area contributed by atoms with Gasteiger partial charge in [0.25, 0.3) is 5.56 Å². The number of piperazine rings is 1. The molecule has 25 heavy (non-hydrogen) atoms. The van der Waals surface area contributed by atoms with Gasteiger partial charge in [-0.3, -0.25) is 4.79 Å². The fourth-order valence-corrected chi connectivity index (χ4v) is 3.63. The van der Waals surface area contributed by atoms with Crippen molar-refractivity contribution in [3.63, 3.8) is 0 Å². The first kappa shape index (κ1) is 15.8. The first-order valence-corrected chi connectivity index (χ1v) is 8.86. The van der Waals surface area contributed by atoms with Gasteiger partial charge in [0.2, 0.25) is 0 Å². The minimum atomic E-state index is -0.0465. The molecule has 5 heteroatoms. The van der Waals surface area contributed by atoms with E-state index in [9.17, 15) is 4.79 Å². The number of quaternary nitrogens is 1. The van der Waals surface area contributed by atoms with Crippen LogP contribution < -0.4 is 15.4 Å². The third-order valence-corrected chi connectivity index (χ3v) is 5.18. The number of aromatic nitrogens is 2. The van der Waals surface area contributed by atoms with Gasteiger partial charge in [-0.15, -0.1) is 0 Å². The molecule has 0 unspecified atom stereocenters. The molecule has 4 rings (SSSR count). The van der Waals surface area contributed by atoms with Crippen LogP contribution in [0.3, 0.4) is 0 Å². The van der Waals surface area contributed by atoms with Crippen LogP contribution in [0, 0.1) is 0 Å². The van der Waals surface area contributed by atoms with Gasteiger partial charge in [-0.1, -0.05) is 30.3 Å². The lowest BCUT2D eigenvalue weighted by atomic mass is 10.2. The standard InChI is InChI=1S/C20H22N4O/c1-15(19-21-18-10-6-5-9-17(18)20(25)22-19)23-11-13-24(14-12-23)16-7-3-2-4-8-16/h2-10,15H,11-14H2,1H3,(H,21,22,25)/p+1/t15-/m0/s1. The van der Waals surface area contributed by atoms with E-state index in [2.05, 4.69) is 47.1 Å². The van der Waals surface area contributed by atoms with Gasteiger partial charge in [-0.05, 0) is 31.2 Å². The van der Waals surface area contributed by atoms with Crippen molar-refractivity contribution in [2.24, 2.45) is 0 Å². The number of para-hydroxylation sites is 2. The summed E-state index contributed by atoms with van der Waals surface area (Å²) in [7, 11) is 0. The van der Waals surface area contributed by atoms with Crippen molar-refractivity contribution >= 4 is 16.6 Å². The topological polar surface area (TPSA) is 53.4 Å². The second kappa shape index (κ2) is 6.69. The van der Waals surface area contributed by atoms with E-state index in [4.69, 9.17) is 4.98 Å². The average molecular weight is 335 g/mol. The van der Waals surface area contributed by atoms with Crippen molar-refractivity contribution in [1.82, 2.24) is 9.97 Å². The number of aromatic amines is 1. The summed E-state index contributed by atoms with van der Waals surface area (Å²) in [6, 6.07) is 18.2. The van der Waals surface area contributed by atoms with Crippen LogP contribution in [0.4, 0.5) is 5.69 Å². The molecule has 128 valence electrons. The van der Waals surface area contributed by atoms with Crippen LogP contribution in [0.2, 0.25) is 0 Å². The molecule has 0 radical (unpaired) electrons. The highest BCUT2D eigenvalue weighted by atomic mass is 16.1. The monoisotopic (exact) mass is 335 g/mol. The number of H-pyrrole nitrogens is 1. The minimum absolute atomic E-state index is 0.0465. The number of nitrogens with zero attached hydrogens (tertiary/aromatic N) is 2. The van der Waals surface area contributed by atoms with Crippen LogP contribution in [0.15, 0.2) is 59.4 Å². The Bertz CT molecular complexity index is 914. The molecule has 1 aliphatic rings. The Labute approximate surface area is 146 Å². The number of fused-ring (bicyclic) bond motifs is 1. The summed E-state index contributed by atoms with van der Waals surface area (Å²) in [6.07, 6.45) is 0. The Morgan fingerprint density at radius 3 is 2.48 bits per heavy atom. The highest BCUT2D eigenvalue weighted by molar-refractivity contribution is 5.77. The van der Waals surface area contributed by atoms with Gasteiger partial charge in [0.05, 0.1) is 37.1 Å². The first-order chi connectivity index (χ1) is 12.2. The maximum Gasteiger partial charge on any atom is 0.258 e. The number of nitrogens with one attached hydrogen (secondary N) is 2. The summed E-state index contributed by atoms with van der Waals surface area (Å²) in [6.45, 7) is 6.25. The van der Waals surface area contributed by atoms with Gasteiger partial charge >= 0.3 is 0 Å². The Kier molecular flexibility index (Phi) is 4.24. The second-order valence-electron chi connectivity index (χ2n) is 6.67. The van der Waals surface area contributed by atoms with Crippen molar-refractivity contribution in [2.45, 2.75) is 13.0 Å². The van der Waals surface area contributed by atoms with Crippen LogP contribution in [0.1, 0.15) is 18.8 Å².